The topological polar surface area (TPSA) is 89.3 Å². The Labute approximate surface area is 110 Å². The van der Waals surface area contributed by atoms with Gasteiger partial charge in [0, 0.05) is 6.54 Å². The van der Waals surface area contributed by atoms with E-state index >= 15 is 0 Å². The molecule has 0 heterocycles. The van der Waals surface area contributed by atoms with E-state index in [9.17, 15) is 13.2 Å². The van der Waals surface area contributed by atoms with Crippen LogP contribution in [0.3, 0.4) is 0 Å². The summed E-state index contributed by atoms with van der Waals surface area (Å²) in [5, 5.41) is 2.57. The standard InChI is InChI=1S/C12H26N2O3S/c1-4-7-14-11(15)9-18(16,17)8-5-6-12(2,3)10-13/h4-10,13H2,1-3H3,(H,14,15). The van der Waals surface area contributed by atoms with Gasteiger partial charge in [-0.3, -0.25) is 4.79 Å². The van der Waals surface area contributed by atoms with Gasteiger partial charge in [0.05, 0.1) is 5.75 Å². The zero-order valence-electron chi connectivity index (χ0n) is 11.7. The maximum absolute atomic E-state index is 11.7. The fraction of sp³-hybridized carbons (Fsp3) is 0.917. The van der Waals surface area contributed by atoms with Crippen LogP contribution in [0.25, 0.3) is 0 Å². The van der Waals surface area contributed by atoms with Crippen molar-refractivity contribution in [1.29, 1.82) is 0 Å². The van der Waals surface area contributed by atoms with Crippen LogP contribution in [0.15, 0.2) is 0 Å². The molecule has 108 valence electrons. The van der Waals surface area contributed by atoms with E-state index in [0.29, 0.717) is 19.5 Å². The van der Waals surface area contributed by atoms with Crippen molar-refractivity contribution in [3.8, 4) is 0 Å². The van der Waals surface area contributed by atoms with Crippen LogP contribution >= 0.6 is 0 Å². The molecular formula is C12H26N2O3S. The molecule has 5 nitrogen and oxygen atoms in total. The van der Waals surface area contributed by atoms with Crippen molar-refractivity contribution in [2.75, 3.05) is 24.6 Å². The predicted octanol–water partition coefficient (Wildman–Crippen LogP) is 0.693. The van der Waals surface area contributed by atoms with Crippen LogP contribution in [0.4, 0.5) is 0 Å². The lowest BCUT2D eigenvalue weighted by molar-refractivity contribution is -0.118. The van der Waals surface area contributed by atoms with Gasteiger partial charge in [-0.1, -0.05) is 20.8 Å². The normalized spacial score (nSPS) is 12.4. The van der Waals surface area contributed by atoms with E-state index in [2.05, 4.69) is 5.32 Å². The van der Waals surface area contributed by atoms with E-state index in [0.717, 1.165) is 12.8 Å². The highest BCUT2D eigenvalue weighted by Crippen LogP contribution is 2.20. The molecule has 0 aliphatic rings. The molecule has 0 radical (unpaired) electrons. The van der Waals surface area contributed by atoms with Gasteiger partial charge in [-0.05, 0) is 31.2 Å². The molecule has 18 heavy (non-hydrogen) atoms. The maximum atomic E-state index is 11.7. The molecule has 3 N–H and O–H groups in total. The van der Waals surface area contributed by atoms with E-state index in [4.69, 9.17) is 5.73 Å². The average molecular weight is 278 g/mol. The molecule has 1 amide bonds. The number of sulfone groups is 1. The van der Waals surface area contributed by atoms with Gasteiger partial charge in [0.1, 0.15) is 5.75 Å². The summed E-state index contributed by atoms with van der Waals surface area (Å²) in [5.41, 5.74) is 5.54. The van der Waals surface area contributed by atoms with Crippen LogP contribution in [-0.2, 0) is 14.6 Å². The molecular weight excluding hydrogens is 252 g/mol. The Balaban J connectivity index is 4.05. The first kappa shape index (κ1) is 17.4. The molecule has 0 bridgehead atoms. The van der Waals surface area contributed by atoms with Gasteiger partial charge in [-0.2, -0.15) is 0 Å². The highest BCUT2D eigenvalue weighted by atomic mass is 32.2. The van der Waals surface area contributed by atoms with E-state index in [-0.39, 0.29) is 11.2 Å². The van der Waals surface area contributed by atoms with Crippen molar-refractivity contribution in [3.63, 3.8) is 0 Å². The minimum atomic E-state index is -3.29. The molecule has 0 saturated carbocycles. The zero-order valence-corrected chi connectivity index (χ0v) is 12.5. The third kappa shape index (κ3) is 8.47. The summed E-state index contributed by atoms with van der Waals surface area (Å²) >= 11 is 0. The maximum Gasteiger partial charge on any atom is 0.235 e. The Morgan fingerprint density at radius 3 is 2.44 bits per heavy atom. The molecule has 0 saturated heterocycles. The first-order valence-electron chi connectivity index (χ1n) is 6.39. The van der Waals surface area contributed by atoms with Gasteiger partial charge >= 0.3 is 0 Å². The minimum Gasteiger partial charge on any atom is -0.355 e. The van der Waals surface area contributed by atoms with Crippen molar-refractivity contribution in [1.82, 2.24) is 5.32 Å². The summed E-state index contributed by atoms with van der Waals surface area (Å²) in [7, 11) is -3.29. The van der Waals surface area contributed by atoms with Crippen molar-refractivity contribution in [3.05, 3.63) is 0 Å². The molecule has 0 aromatic heterocycles. The Morgan fingerprint density at radius 1 is 1.33 bits per heavy atom. The number of nitrogens with one attached hydrogen (secondary N) is 1. The summed E-state index contributed by atoms with van der Waals surface area (Å²) < 4.78 is 23.4. The van der Waals surface area contributed by atoms with Gasteiger partial charge in [0.15, 0.2) is 9.84 Å². The molecule has 0 aromatic rings. The highest BCUT2D eigenvalue weighted by molar-refractivity contribution is 7.92. The van der Waals surface area contributed by atoms with Crippen LogP contribution in [0.2, 0.25) is 0 Å². The second kappa shape index (κ2) is 7.74. The fourth-order valence-corrected chi connectivity index (χ4v) is 2.69. The van der Waals surface area contributed by atoms with Gasteiger partial charge in [-0.25, -0.2) is 8.42 Å². The largest absolute Gasteiger partial charge is 0.355 e. The molecule has 0 fully saturated rings. The van der Waals surface area contributed by atoms with Crippen molar-refractivity contribution < 1.29 is 13.2 Å². The van der Waals surface area contributed by atoms with Gasteiger partial charge in [0.25, 0.3) is 0 Å². The van der Waals surface area contributed by atoms with E-state index < -0.39 is 21.5 Å². The predicted molar refractivity (Wildman–Crippen MR) is 74.0 cm³/mol. The van der Waals surface area contributed by atoms with Crippen molar-refractivity contribution >= 4 is 15.7 Å². The van der Waals surface area contributed by atoms with Crippen LogP contribution in [0.1, 0.15) is 40.0 Å². The Morgan fingerprint density at radius 2 is 1.94 bits per heavy atom. The van der Waals surface area contributed by atoms with Crippen LogP contribution in [0, 0.1) is 5.41 Å². The number of rotatable bonds is 9. The molecule has 6 heteroatoms. The number of carbonyl (C=O) groups is 1. The Kier molecular flexibility index (Phi) is 7.47. The van der Waals surface area contributed by atoms with Crippen molar-refractivity contribution in [2.24, 2.45) is 11.1 Å². The second-order valence-corrected chi connectivity index (χ2v) is 7.60. The lowest BCUT2D eigenvalue weighted by Gasteiger charge is -2.21. The fourth-order valence-electron chi connectivity index (χ4n) is 1.46. The monoisotopic (exact) mass is 278 g/mol. The quantitative estimate of drug-likeness (QED) is 0.649. The molecule has 0 rings (SSSR count). The lowest BCUT2D eigenvalue weighted by Crippen LogP contribution is -2.32. The number of amides is 1. The molecule has 0 aromatic carbocycles. The summed E-state index contributed by atoms with van der Waals surface area (Å²) in [5.74, 6) is -0.763. The summed E-state index contributed by atoms with van der Waals surface area (Å²) in [6.45, 7) is 6.99. The van der Waals surface area contributed by atoms with E-state index in [1.54, 1.807) is 0 Å². The SMILES string of the molecule is CCCNC(=O)CS(=O)(=O)CCCC(C)(C)CN. The van der Waals surface area contributed by atoms with Gasteiger partial charge in [0.2, 0.25) is 5.91 Å². The first-order chi connectivity index (χ1) is 8.22. The zero-order chi connectivity index (χ0) is 14.2. The molecule has 0 unspecified atom stereocenters. The summed E-state index contributed by atoms with van der Waals surface area (Å²) in [6.07, 6.45) is 2.10. The van der Waals surface area contributed by atoms with Crippen LogP contribution < -0.4 is 11.1 Å². The second-order valence-electron chi connectivity index (χ2n) is 5.41. The minimum absolute atomic E-state index is 0.0417. The number of carbonyl (C=O) groups excluding carboxylic acids is 1. The summed E-state index contributed by atoms with van der Waals surface area (Å²) in [6, 6.07) is 0. The molecule has 0 spiro atoms. The third-order valence-electron chi connectivity index (χ3n) is 2.78. The van der Waals surface area contributed by atoms with Gasteiger partial charge < -0.3 is 11.1 Å². The van der Waals surface area contributed by atoms with Crippen LogP contribution in [-0.4, -0.2) is 38.9 Å². The average Bonchev–Trinajstić information content (AvgIpc) is 2.25. The number of hydrogen-bond donors (Lipinski definition) is 2. The third-order valence-corrected chi connectivity index (χ3v) is 4.40. The first-order valence-corrected chi connectivity index (χ1v) is 8.22. The van der Waals surface area contributed by atoms with E-state index in [1.807, 2.05) is 20.8 Å². The lowest BCUT2D eigenvalue weighted by atomic mass is 9.88. The molecule has 0 atom stereocenters. The smallest absolute Gasteiger partial charge is 0.235 e. The number of nitrogens with two attached hydrogens (primary N) is 1. The number of hydrogen-bond acceptors (Lipinski definition) is 4. The highest BCUT2D eigenvalue weighted by Gasteiger charge is 2.19. The van der Waals surface area contributed by atoms with E-state index in [1.165, 1.54) is 0 Å². The molecule has 0 aliphatic carbocycles. The summed E-state index contributed by atoms with van der Waals surface area (Å²) in [4.78, 5) is 11.3. The Bertz CT molecular complexity index is 350. The van der Waals surface area contributed by atoms with Crippen molar-refractivity contribution in [2.45, 2.75) is 40.0 Å². The Hall–Kier alpha value is -0.620. The van der Waals surface area contributed by atoms with Gasteiger partial charge in [-0.15, -0.1) is 0 Å². The van der Waals surface area contributed by atoms with Crippen LogP contribution in [0.5, 0.6) is 0 Å². The molecule has 0 aliphatic heterocycles.